The Labute approximate surface area is 142 Å². The molecule has 3 rings (SSSR count). The summed E-state index contributed by atoms with van der Waals surface area (Å²) in [5.41, 5.74) is 1.03. The maximum atomic E-state index is 12.3. The molecule has 0 radical (unpaired) electrons. The molecule has 0 aliphatic carbocycles. The van der Waals surface area contributed by atoms with Gasteiger partial charge in [0, 0.05) is 32.2 Å². The highest BCUT2D eigenvalue weighted by molar-refractivity contribution is 7.91. The molecule has 1 atom stereocenters. The van der Waals surface area contributed by atoms with Crippen molar-refractivity contribution >= 4 is 21.6 Å². The van der Waals surface area contributed by atoms with E-state index in [0.29, 0.717) is 19.5 Å². The standard InChI is InChI=1S/C16H23N3O4S/c1-23-15-5-3-2-4-14(15)18-7-9-19(10-8-18)16(20)17-13-6-11-24(21,22)12-13/h2-5,13H,6-12H2,1H3,(H,17,20). The minimum atomic E-state index is -2.98. The van der Waals surface area contributed by atoms with Crippen LogP contribution in [-0.2, 0) is 9.84 Å². The molecule has 0 bridgehead atoms. The predicted octanol–water partition coefficient (Wildman–Crippen LogP) is 0.714. The van der Waals surface area contributed by atoms with Crippen LogP contribution in [0.5, 0.6) is 5.75 Å². The van der Waals surface area contributed by atoms with Crippen molar-refractivity contribution in [3.05, 3.63) is 24.3 Å². The van der Waals surface area contributed by atoms with E-state index in [2.05, 4.69) is 10.2 Å². The van der Waals surface area contributed by atoms with Gasteiger partial charge in [0.05, 0.1) is 24.3 Å². The first-order valence-corrected chi connectivity index (χ1v) is 9.94. The average molecular weight is 353 g/mol. The lowest BCUT2D eigenvalue weighted by Gasteiger charge is -2.37. The summed E-state index contributed by atoms with van der Waals surface area (Å²) in [6.45, 7) is 2.64. The van der Waals surface area contributed by atoms with Crippen LogP contribution in [0.2, 0.25) is 0 Å². The minimum Gasteiger partial charge on any atom is -0.495 e. The van der Waals surface area contributed by atoms with Gasteiger partial charge in [-0.2, -0.15) is 0 Å². The molecule has 132 valence electrons. The first kappa shape index (κ1) is 16.9. The molecule has 1 unspecified atom stereocenters. The first-order chi connectivity index (χ1) is 11.5. The maximum absolute atomic E-state index is 12.3. The molecule has 2 amide bonds. The number of rotatable bonds is 3. The van der Waals surface area contributed by atoms with E-state index < -0.39 is 9.84 Å². The Morgan fingerprint density at radius 1 is 1.21 bits per heavy atom. The zero-order chi connectivity index (χ0) is 17.2. The number of urea groups is 1. The van der Waals surface area contributed by atoms with E-state index >= 15 is 0 Å². The van der Waals surface area contributed by atoms with Gasteiger partial charge >= 0.3 is 6.03 Å². The van der Waals surface area contributed by atoms with Crippen molar-refractivity contribution < 1.29 is 17.9 Å². The summed E-state index contributed by atoms with van der Waals surface area (Å²) in [4.78, 5) is 16.3. The number of hydrogen-bond acceptors (Lipinski definition) is 5. The second-order valence-electron chi connectivity index (χ2n) is 6.20. The molecular weight excluding hydrogens is 330 g/mol. The van der Waals surface area contributed by atoms with Gasteiger partial charge in [-0.1, -0.05) is 12.1 Å². The Balaban J connectivity index is 1.54. The number of anilines is 1. The molecule has 1 aromatic rings. The van der Waals surface area contributed by atoms with Gasteiger partial charge in [0.15, 0.2) is 9.84 Å². The number of nitrogens with zero attached hydrogens (tertiary/aromatic N) is 2. The Morgan fingerprint density at radius 3 is 2.54 bits per heavy atom. The van der Waals surface area contributed by atoms with Crippen molar-refractivity contribution in [1.29, 1.82) is 0 Å². The summed E-state index contributed by atoms with van der Waals surface area (Å²) in [5, 5.41) is 2.85. The molecule has 8 heteroatoms. The second kappa shape index (κ2) is 6.88. The Morgan fingerprint density at radius 2 is 1.92 bits per heavy atom. The summed E-state index contributed by atoms with van der Waals surface area (Å²) in [7, 11) is -1.33. The van der Waals surface area contributed by atoms with E-state index in [4.69, 9.17) is 4.74 Å². The van der Waals surface area contributed by atoms with E-state index in [0.717, 1.165) is 24.5 Å². The fourth-order valence-electron chi connectivity index (χ4n) is 3.22. The quantitative estimate of drug-likeness (QED) is 0.866. The third-order valence-electron chi connectivity index (χ3n) is 4.55. The normalized spacial score (nSPS) is 23.1. The van der Waals surface area contributed by atoms with Gasteiger partial charge in [0.25, 0.3) is 0 Å². The van der Waals surface area contributed by atoms with Crippen molar-refractivity contribution in [2.24, 2.45) is 0 Å². The van der Waals surface area contributed by atoms with Crippen LogP contribution >= 0.6 is 0 Å². The SMILES string of the molecule is COc1ccccc1N1CCN(C(=O)NC2CCS(=O)(=O)C2)CC1. The summed E-state index contributed by atoms with van der Waals surface area (Å²) in [5.74, 6) is 1.05. The zero-order valence-corrected chi connectivity index (χ0v) is 14.6. The van der Waals surface area contributed by atoms with Crippen LogP contribution in [-0.4, -0.2) is 70.2 Å². The lowest BCUT2D eigenvalue weighted by Crippen LogP contribution is -2.53. The van der Waals surface area contributed by atoms with Crippen LogP contribution in [0.3, 0.4) is 0 Å². The van der Waals surface area contributed by atoms with Gasteiger partial charge in [0.2, 0.25) is 0 Å². The summed E-state index contributed by atoms with van der Waals surface area (Å²) in [6, 6.07) is 7.41. The number of nitrogens with one attached hydrogen (secondary N) is 1. The molecular formula is C16H23N3O4S. The molecule has 1 aromatic carbocycles. The third kappa shape index (κ3) is 3.75. The van der Waals surface area contributed by atoms with Gasteiger partial charge in [-0.05, 0) is 18.6 Å². The van der Waals surface area contributed by atoms with E-state index in [1.165, 1.54) is 0 Å². The molecule has 2 aliphatic rings. The van der Waals surface area contributed by atoms with Gasteiger partial charge < -0.3 is 19.9 Å². The fraction of sp³-hybridized carbons (Fsp3) is 0.562. The van der Waals surface area contributed by atoms with Crippen molar-refractivity contribution in [1.82, 2.24) is 10.2 Å². The van der Waals surface area contributed by atoms with Crippen molar-refractivity contribution in [2.75, 3.05) is 49.7 Å². The highest BCUT2D eigenvalue weighted by Gasteiger charge is 2.31. The monoisotopic (exact) mass is 353 g/mol. The zero-order valence-electron chi connectivity index (χ0n) is 13.8. The van der Waals surface area contributed by atoms with Gasteiger partial charge in [-0.3, -0.25) is 0 Å². The molecule has 7 nitrogen and oxygen atoms in total. The van der Waals surface area contributed by atoms with Crippen LogP contribution in [0.25, 0.3) is 0 Å². The fourth-order valence-corrected chi connectivity index (χ4v) is 4.89. The molecule has 0 saturated carbocycles. The second-order valence-corrected chi connectivity index (χ2v) is 8.42. The summed E-state index contributed by atoms with van der Waals surface area (Å²) >= 11 is 0. The van der Waals surface area contributed by atoms with Crippen LogP contribution < -0.4 is 15.0 Å². The number of para-hydroxylation sites is 2. The van der Waals surface area contributed by atoms with Crippen LogP contribution in [0.4, 0.5) is 10.5 Å². The molecule has 2 aliphatic heterocycles. The summed E-state index contributed by atoms with van der Waals surface area (Å²) < 4.78 is 28.3. The van der Waals surface area contributed by atoms with E-state index in [9.17, 15) is 13.2 Å². The molecule has 0 spiro atoms. The smallest absolute Gasteiger partial charge is 0.317 e. The number of benzene rings is 1. The van der Waals surface area contributed by atoms with Crippen LogP contribution in [0.15, 0.2) is 24.3 Å². The highest BCUT2D eigenvalue weighted by Crippen LogP contribution is 2.28. The third-order valence-corrected chi connectivity index (χ3v) is 6.32. The number of carbonyl (C=O) groups is 1. The highest BCUT2D eigenvalue weighted by atomic mass is 32.2. The summed E-state index contributed by atoms with van der Waals surface area (Å²) in [6.07, 6.45) is 0.509. The minimum absolute atomic E-state index is 0.0555. The van der Waals surface area contributed by atoms with Crippen molar-refractivity contribution in [3.63, 3.8) is 0 Å². The van der Waals surface area contributed by atoms with Crippen LogP contribution in [0.1, 0.15) is 6.42 Å². The van der Waals surface area contributed by atoms with E-state index in [-0.39, 0.29) is 23.6 Å². The van der Waals surface area contributed by atoms with Gasteiger partial charge in [-0.25, -0.2) is 13.2 Å². The Bertz CT molecular complexity index is 699. The average Bonchev–Trinajstić information content (AvgIpc) is 2.93. The molecule has 0 aromatic heterocycles. The lowest BCUT2D eigenvalue weighted by molar-refractivity contribution is 0.191. The number of hydrogen-bond donors (Lipinski definition) is 1. The lowest BCUT2D eigenvalue weighted by atomic mass is 10.2. The number of carbonyl (C=O) groups excluding carboxylic acids is 1. The number of methoxy groups -OCH3 is 1. The molecule has 2 heterocycles. The maximum Gasteiger partial charge on any atom is 0.317 e. The predicted molar refractivity (Wildman–Crippen MR) is 92.4 cm³/mol. The largest absolute Gasteiger partial charge is 0.495 e. The first-order valence-electron chi connectivity index (χ1n) is 8.12. The van der Waals surface area contributed by atoms with Crippen molar-refractivity contribution in [2.45, 2.75) is 12.5 Å². The van der Waals surface area contributed by atoms with Gasteiger partial charge in [-0.15, -0.1) is 0 Å². The Kier molecular flexibility index (Phi) is 4.84. The number of sulfone groups is 1. The van der Waals surface area contributed by atoms with E-state index in [1.807, 2.05) is 24.3 Å². The topological polar surface area (TPSA) is 79.0 Å². The van der Waals surface area contributed by atoms with Crippen molar-refractivity contribution in [3.8, 4) is 5.75 Å². The molecule has 1 N–H and O–H groups in total. The molecule has 2 saturated heterocycles. The van der Waals surface area contributed by atoms with E-state index in [1.54, 1.807) is 12.0 Å². The number of ether oxygens (including phenoxy) is 1. The molecule has 24 heavy (non-hydrogen) atoms. The van der Waals surface area contributed by atoms with Gasteiger partial charge in [0.1, 0.15) is 5.75 Å². The number of amides is 2. The number of piperazine rings is 1. The van der Waals surface area contributed by atoms with Crippen LogP contribution in [0, 0.1) is 0 Å². The Hall–Kier alpha value is -1.96. The molecule has 2 fully saturated rings.